The van der Waals surface area contributed by atoms with Gasteiger partial charge < -0.3 is 45.8 Å². The Morgan fingerprint density at radius 3 is 1.74 bits per heavy atom. The van der Waals surface area contributed by atoms with Crippen molar-refractivity contribution in [3.05, 3.63) is 106 Å². The third kappa shape index (κ3) is 13.6. The minimum absolute atomic E-state index is 0.0122. The molecule has 0 radical (unpaired) electrons. The van der Waals surface area contributed by atoms with E-state index in [0.717, 1.165) is 54.6 Å². The summed E-state index contributed by atoms with van der Waals surface area (Å²) < 4.78 is 1.60. The number of likely N-dealkylation sites (N-methyl/N-ethyl adjacent to an activating group) is 2. The van der Waals surface area contributed by atoms with Gasteiger partial charge in [-0.25, -0.2) is 0 Å². The van der Waals surface area contributed by atoms with Gasteiger partial charge in [0.15, 0.2) is 11.7 Å². The molecule has 2 aliphatic rings. The number of hydrogen-bond donors (Lipinski definition) is 8. The number of carbonyl (C=O) groups is 5. The van der Waals surface area contributed by atoms with Crippen molar-refractivity contribution in [2.24, 2.45) is 11.8 Å². The number of anilines is 1. The SMILES string of the molecule is CCNC(=O)C(=N)N(C(=N)c1cc(C(C)C)c(O)cc1O)c1ccc(CC2CCN(C(=O)CCC(=O)N(C)[C@H](C)C(=O)N3CCC(Cc4ccc(-n5c(C(=O)NCC)nnc5-c5cc(C(C)C)c(O)cc5O)cc4)CC3)CC2)cc1. The molecular weight excluding hydrogens is 1020 g/mol. The number of amidine groups is 2. The summed E-state index contributed by atoms with van der Waals surface area (Å²) in [5.74, 6) is -2.42. The Balaban J connectivity index is 0.868. The summed E-state index contributed by atoms with van der Waals surface area (Å²) in [5, 5.41) is 74.3. The van der Waals surface area contributed by atoms with E-state index in [1.54, 1.807) is 55.5 Å². The predicted molar refractivity (Wildman–Crippen MR) is 306 cm³/mol. The average molecular weight is 1100 g/mol. The Morgan fingerprint density at radius 2 is 1.19 bits per heavy atom. The number of nitrogens with zero attached hydrogens (tertiary/aromatic N) is 7. The Labute approximate surface area is 467 Å². The van der Waals surface area contributed by atoms with E-state index in [4.69, 9.17) is 10.8 Å². The summed E-state index contributed by atoms with van der Waals surface area (Å²) in [6, 6.07) is 19.9. The highest BCUT2D eigenvalue weighted by molar-refractivity contribution is 6.48. The second-order valence-corrected chi connectivity index (χ2v) is 21.6. The number of phenolic OH excluding ortho intramolecular Hbond substituents is 4. The second kappa shape index (κ2) is 26.1. The smallest absolute Gasteiger partial charge is 0.289 e. The van der Waals surface area contributed by atoms with Gasteiger partial charge in [-0.1, -0.05) is 52.0 Å². The standard InChI is InChI=1S/C60H77N11O9/c1-9-63-58(78)55(62)70(54(61)46-31-44(35(3)4)48(72)33-50(46)74)42-15-11-38(12-16-42)29-40-21-25-68(26-22-40)53(77)20-19-52(76)67(8)37(7)60(80)69-27-23-41(24-28-69)30-39-13-17-43(18-14-39)71-56(65-66-57(71)59(79)64-10-2)47-32-45(36(5)6)49(73)34-51(47)75/h11-18,31-37,40-41,61-62,72-75H,9-10,19-30H2,1-8H3,(H,63,78)(H,64,79)/t37-/m1/s1. The molecule has 5 aromatic rings. The molecule has 1 atom stereocenters. The molecule has 20 heteroatoms. The molecule has 7 rings (SSSR count). The molecule has 2 saturated heterocycles. The quantitative estimate of drug-likeness (QED) is 0.0311. The molecular formula is C60H77N11O9. The van der Waals surface area contributed by atoms with Gasteiger partial charge in [0.2, 0.25) is 23.5 Å². The van der Waals surface area contributed by atoms with Gasteiger partial charge in [-0.3, -0.25) is 44.3 Å². The molecule has 0 spiro atoms. The molecule has 2 fully saturated rings. The maximum atomic E-state index is 13.7. The van der Waals surface area contributed by atoms with Crippen molar-refractivity contribution < 1.29 is 44.4 Å². The van der Waals surface area contributed by atoms with Crippen LogP contribution in [0.2, 0.25) is 0 Å². The number of amides is 5. The van der Waals surface area contributed by atoms with Crippen LogP contribution in [0.4, 0.5) is 5.69 Å². The number of likely N-dealkylation sites (tertiary alicyclic amines) is 2. The first kappa shape index (κ1) is 59.4. The number of benzene rings is 4. The maximum Gasteiger partial charge on any atom is 0.289 e. The van der Waals surface area contributed by atoms with Gasteiger partial charge in [-0.05, 0) is 142 Å². The first-order valence-electron chi connectivity index (χ1n) is 27.7. The van der Waals surface area contributed by atoms with E-state index in [0.29, 0.717) is 66.7 Å². The van der Waals surface area contributed by atoms with E-state index in [2.05, 4.69) is 20.8 Å². The molecule has 2 aliphatic heterocycles. The minimum atomic E-state index is -0.702. The van der Waals surface area contributed by atoms with Gasteiger partial charge >= 0.3 is 0 Å². The predicted octanol–water partition coefficient (Wildman–Crippen LogP) is 7.59. The van der Waals surface area contributed by atoms with Crippen molar-refractivity contribution >= 4 is 46.9 Å². The van der Waals surface area contributed by atoms with Gasteiger partial charge in [0, 0.05) is 82.7 Å². The first-order valence-corrected chi connectivity index (χ1v) is 27.7. The lowest BCUT2D eigenvalue weighted by Crippen LogP contribution is -2.50. The zero-order chi connectivity index (χ0) is 58.1. The fourth-order valence-corrected chi connectivity index (χ4v) is 10.6. The Morgan fingerprint density at radius 1 is 0.662 bits per heavy atom. The lowest BCUT2D eigenvalue weighted by Gasteiger charge is -2.36. The molecule has 5 amide bonds. The van der Waals surface area contributed by atoms with E-state index < -0.39 is 23.7 Å². The second-order valence-electron chi connectivity index (χ2n) is 21.6. The summed E-state index contributed by atoms with van der Waals surface area (Å²) in [5.41, 5.74) is 4.57. The van der Waals surface area contributed by atoms with Crippen molar-refractivity contribution in [3.63, 3.8) is 0 Å². The van der Waals surface area contributed by atoms with E-state index in [1.807, 2.05) is 69.0 Å². The molecule has 0 saturated carbocycles. The van der Waals surface area contributed by atoms with Crippen molar-refractivity contribution in [2.75, 3.05) is 51.2 Å². The van der Waals surface area contributed by atoms with E-state index in [-0.39, 0.29) is 101 Å². The van der Waals surface area contributed by atoms with Gasteiger partial charge in [0.05, 0.1) is 11.1 Å². The molecule has 3 heterocycles. The number of hydrogen-bond acceptors (Lipinski definition) is 13. The fourth-order valence-electron chi connectivity index (χ4n) is 10.6. The number of aromatic hydroxyl groups is 4. The lowest BCUT2D eigenvalue weighted by molar-refractivity contribution is -0.145. The van der Waals surface area contributed by atoms with Crippen molar-refractivity contribution in [3.8, 4) is 40.1 Å². The van der Waals surface area contributed by atoms with Gasteiger partial charge in [0.1, 0.15) is 34.9 Å². The lowest BCUT2D eigenvalue weighted by atomic mass is 9.90. The molecule has 0 unspecified atom stereocenters. The number of carbonyl (C=O) groups excluding carboxylic acids is 5. The molecule has 80 heavy (non-hydrogen) atoms. The molecule has 0 aliphatic carbocycles. The van der Waals surface area contributed by atoms with E-state index in [9.17, 15) is 44.4 Å². The van der Waals surface area contributed by atoms with E-state index in [1.165, 1.54) is 23.1 Å². The molecule has 8 N–H and O–H groups in total. The van der Waals surface area contributed by atoms with Crippen molar-refractivity contribution in [1.82, 2.24) is 40.1 Å². The summed E-state index contributed by atoms with van der Waals surface area (Å²) in [7, 11) is 1.61. The van der Waals surface area contributed by atoms with Crippen LogP contribution in [0.1, 0.15) is 137 Å². The van der Waals surface area contributed by atoms with Crippen LogP contribution in [0.3, 0.4) is 0 Å². The first-order chi connectivity index (χ1) is 38.1. The van der Waals surface area contributed by atoms with Crippen LogP contribution in [0, 0.1) is 22.7 Å². The van der Waals surface area contributed by atoms with Gasteiger partial charge in [0.25, 0.3) is 11.8 Å². The number of phenols is 4. The monoisotopic (exact) mass is 1100 g/mol. The van der Waals surface area contributed by atoms with Gasteiger partial charge in [-0.2, -0.15) is 0 Å². The minimum Gasteiger partial charge on any atom is -0.508 e. The number of piperidine rings is 2. The topological polar surface area (TPSA) is 282 Å². The van der Waals surface area contributed by atoms with E-state index >= 15 is 0 Å². The summed E-state index contributed by atoms with van der Waals surface area (Å²) in [6.07, 6.45) is 4.58. The zero-order valence-electron chi connectivity index (χ0n) is 47.2. The van der Waals surface area contributed by atoms with Crippen LogP contribution >= 0.6 is 0 Å². The number of aromatic nitrogens is 3. The van der Waals surface area contributed by atoms with Crippen LogP contribution in [-0.4, -0.2) is 143 Å². The Kier molecular flexibility index (Phi) is 19.4. The molecule has 1 aromatic heterocycles. The maximum absolute atomic E-state index is 13.7. The average Bonchev–Trinajstić information content (AvgIpc) is 3.88. The zero-order valence-corrected chi connectivity index (χ0v) is 47.2. The normalized spacial score (nSPS) is 14.5. The molecule has 20 nitrogen and oxygen atoms in total. The van der Waals surface area contributed by atoms with Crippen LogP contribution < -0.4 is 15.5 Å². The highest BCUT2D eigenvalue weighted by Gasteiger charge is 2.32. The fraction of sp³-hybridized carbons (Fsp3) is 0.450. The van der Waals surface area contributed by atoms with Crippen LogP contribution in [-0.2, 0) is 32.0 Å². The largest absolute Gasteiger partial charge is 0.508 e. The number of nitrogens with one attached hydrogen (secondary N) is 4. The molecule has 426 valence electrons. The molecule has 4 aromatic carbocycles. The molecule has 0 bridgehead atoms. The summed E-state index contributed by atoms with van der Waals surface area (Å²) in [6.45, 7) is 15.7. The van der Waals surface area contributed by atoms with Crippen molar-refractivity contribution in [1.29, 1.82) is 10.8 Å². The third-order valence-corrected chi connectivity index (χ3v) is 15.4. The Bertz CT molecular complexity index is 3080. The van der Waals surface area contributed by atoms with Crippen molar-refractivity contribution in [2.45, 2.75) is 118 Å². The van der Waals surface area contributed by atoms with Crippen LogP contribution in [0.25, 0.3) is 17.1 Å². The third-order valence-electron chi connectivity index (χ3n) is 15.4. The Hall–Kier alpha value is -8.29. The summed E-state index contributed by atoms with van der Waals surface area (Å²) >= 11 is 0. The van der Waals surface area contributed by atoms with Crippen LogP contribution in [0.15, 0.2) is 72.8 Å². The highest BCUT2D eigenvalue weighted by atomic mass is 16.3. The number of rotatable bonds is 18. The summed E-state index contributed by atoms with van der Waals surface area (Å²) in [4.78, 5) is 72.8. The highest BCUT2D eigenvalue weighted by Crippen LogP contribution is 2.39. The van der Waals surface area contributed by atoms with Crippen LogP contribution in [0.5, 0.6) is 23.0 Å². The van der Waals surface area contributed by atoms with Gasteiger partial charge in [-0.15, -0.1) is 10.2 Å².